The molecule has 0 spiro atoms. The van der Waals surface area contributed by atoms with Gasteiger partial charge in [-0.2, -0.15) is 0 Å². The van der Waals surface area contributed by atoms with Gasteiger partial charge in [0.2, 0.25) is 0 Å². The van der Waals surface area contributed by atoms with Gasteiger partial charge in [0.1, 0.15) is 0 Å². The van der Waals surface area contributed by atoms with Gasteiger partial charge in [-0.05, 0) is 0 Å². The minimum absolute atomic E-state index is 0.601. The van der Waals surface area contributed by atoms with Crippen molar-refractivity contribution < 1.29 is 37.1 Å². The summed E-state index contributed by atoms with van der Waals surface area (Å²) < 4.78 is -0.601. The number of hydrogen-bond donors (Lipinski definition) is 0. The van der Waals surface area contributed by atoms with Crippen LogP contribution in [-0.2, 0) is 0 Å². The van der Waals surface area contributed by atoms with E-state index in [0.717, 1.165) is 86.1 Å². The summed E-state index contributed by atoms with van der Waals surface area (Å²) in [6.07, 6.45) is 0. The monoisotopic (exact) mass is 471 g/mol. The molecule has 0 aromatic rings. The normalized spacial score (nSPS) is 15.0. The number of hydrogen-bond acceptors (Lipinski definition) is 0. The maximum atomic E-state index is 2.56. The molecular weight excluding hydrogens is 463 g/mol. The molecule has 0 aromatic heterocycles. The molecule has 0 aliphatic rings. The fraction of sp³-hybridized carbons (Fsp3) is 1.00. The summed E-state index contributed by atoms with van der Waals surface area (Å²) in [5, 5.41) is 0. The van der Waals surface area contributed by atoms with Crippen molar-refractivity contribution in [1.29, 1.82) is 0 Å². The second-order valence-corrected chi connectivity index (χ2v) is 176. The van der Waals surface area contributed by atoms with Gasteiger partial charge >= 0.3 is 91.6 Å². The Morgan fingerprint density at radius 2 is 1.60 bits per heavy atom. The molecule has 0 saturated heterocycles. The summed E-state index contributed by atoms with van der Waals surface area (Å²) in [7, 11) is 0. The second-order valence-electron chi connectivity index (χ2n) is 2.09. The summed E-state index contributed by atoms with van der Waals surface area (Å²) in [6, 6.07) is 0. The fourth-order valence-corrected chi connectivity index (χ4v) is 0. The Kier molecular flexibility index (Phi) is 7.20. The van der Waals surface area contributed by atoms with Gasteiger partial charge in [-0.1, -0.05) is 0 Å². The molecule has 1 radical (unpaired) electrons. The van der Waals surface area contributed by atoms with Gasteiger partial charge in [-0.15, -0.1) is 0 Å². The molecule has 0 unspecified atom stereocenters. The zero-order valence-electron chi connectivity index (χ0n) is 4.12. The first-order valence-electron chi connectivity index (χ1n) is 1.51. The van der Waals surface area contributed by atoms with Crippen molar-refractivity contribution in [2.75, 3.05) is 0 Å². The summed E-state index contributed by atoms with van der Waals surface area (Å²) in [6.45, 7) is 0. The third-order valence-corrected chi connectivity index (χ3v) is 0. The Labute approximate surface area is 87.1 Å². The van der Waals surface area contributed by atoms with Crippen LogP contribution in [0.15, 0.2) is 0 Å². The first kappa shape index (κ1) is 9.06. The van der Waals surface area contributed by atoms with Gasteiger partial charge in [-0.3, -0.25) is 0 Å². The third kappa shape index (κ3) is 18.0. The predicted octanol–water partition coefficient (Wildman–Crippen LogP) is 0.406. The average molecular weight is 469 g/mol. The van der Waals surface area contributed by atoms with E-state index < -0.39 is -4.43 Å². The molecule has 0 fully saturated rings. The van der Waals surface area contributed by atoms with Crippen LogP contribution >= 0.6 is 0 Å². The molecule has 3 heteroatoms. The van der Waals surface area contributed by atoms with E-state index >= 15 is 0 Å². The van der Waals surface area contributed by atoms with E-state index in [9.17, 15) is 0 Å². The Bertz CT molecular complexity index is 25.1. The molecule has 0 atom stereocenters. The van der Waals surface area contributed by atoms with Gasteiger partial charge in [0, 0.05) is 0 Å². The zero-order chi connectivity index (χ0) is 4.50. The Morgan fingerprint density at radius 3 is 1.60 bits per heavy atom. The van der Waals surface area contributed by atoms with E-state index in [1.54, 1.807) is 0 Å². The maximum absolute atomic E-state index is 2.56. The van der Waals surface area contributed by atoms with Crippen LogP contribution in [0.2, 0.25) is 9.94 Å². The molecule has 0 saturated carbocycles. The second kappa shape index (κ2) is 3.97. The van der Waals surface area contributed by atoms with Crippen LogP contribution in [0, 0.1) is 37.1 Å². The molecule has 0 heterocycles. The van der Waals surface area contributed by atoms with Crippen LogP contribution in [0.1, 0.15) is 0 Å². The molecule has 0 amide bonds. The van der Waals surface area contributed by atoms with E-state index in [0.29, 0.717) is 0 Å². The van der Waals surface area contributed by atoms with Crippen molar-refractivity contribution in [2.24, 2.45) is 0 Å². The average Bonchev–Trinajstić information content (AvgIpc) is 0.722. The van der Waals surface area contributed by atoms with E-state index in [4.69, 9.17) is 0 Å². The zero-order valence-corrected chi connectivity index (χ0v) is 17.2. The van der Waals surface area contributed by atoms with Crippen molar-refractivity contribution >= 4 is 44.5 Å². The Morgan fingerprint density at radius 1 is 1.60 bits per heavy atom. The van der Waals surface area contributed by atoms with E-state index in [1.807, 2.05) is 0 Å². The van der Waals surface area contributed by atoms with Crippen molar-refractivity contribution in [3.63, 3.8) is 0 Å². The van der Waals surface area contributed by atoms with Gasteiger partial charge in [0.25, 0.3) is 0 Å². The standard InChI is InChI=1S/C2H6Te.Ra.Rb/c1-3-2;;/h1-2H3;;. The van der Waals surface area contributed by atoms with Crippen molar-refractivity contribution in [2.45, 2.75) is 9.94 Å². The van der Waals surface area contributed by atoms with Crippen molar-refractivity contribution in [3.05, 3.63) is 0 Å². The topological polar surface area (TPSA) is 0 Å². The quantitative estimate of drug-likeness (QED) is 0.452. The molecule has 0 aliphatic heterocycles. The number of rotatable bonds is 0. The summed E-state index contributed by atoms with van der Waals surface area (Å²) in [5.74, 6) is 0. The SMILES string of the molecule is C[Te](C)([Rb])[Ra]. The van der Waals surface area contributed by atoms with Crippen LogP contribution in [0.5, 0.6) is 0 Å². The molecule has 0 aliphatic carbocycles. The summed E-state index contributed by atoms with van der Waals surface area (Å²) >= 11 is 2.29. The molecule has 23 valence electrons. The Balaban J connectivity index is 3.02. The summed E-state index contributed by atoms with van der Waals surface area (Å²) in [4.78, 5) is 5.13. The van der Waals surface area contributed by atoms with E-state index in [2.05, 4.69) is 9.94 Å². The third-order valence-electron chi connectivity index (χ3n) is 0. The van der Waals surface area contributed by atoms with Crippen LogP contribution in [0.25, 0.3) is 0 Å². The van der Waals surface area contributed by atoms with Crippen LogP contribution in [-0.4, -0.2) is 44.5 Å². The summed E-state index contributed by atoms with van der Waals surface area (Å²) in [5.41, 5.74) is 0. The molecular formula is C2H6RaRbTe. The van der Waals surface area contributed by atoms with E-state index in [-0.39, 0.29) is 0 Å². The molecule has 0 aromatic carbocycles. The predicted molar refractivity (Wildman–Crippen MR) is 23.2 cm³/mol. The van der Waals surface area contributed by atoms with Crippen LogP contribution in [0.4, 0.5) is 0 Å². The first-order chi connectivity index (χ1) is 2.00. The van der Waals surface area contributed by atoms with Crippen LogP contribution < -0.4 is 0 Å². The van der Waals surface area contributed by atoms with Gasteiger partial charge < -0.3 is 0 Å². The minimum atomic E-state index is -0.601. The molecule has 0 rings (SSSR count). The van der Waals surface area contributed by atoms with Crippen molar-refractivity contribution in [3.8, 4) is 0 Å². The van der Waals surface area contributed by atoms with Crippen LogP contribution in [0.3, 0.4) is 0 Å². The molecule has 0 N–H and O–H groups in total. The van der Waals surface area contributed by atoms with Gasteiger partial charge in [0.15, 0.2) is 0 Å². The Hall–Kier alpha value is 4.06. The molecule has 0 bridgehead atoms. The fourth-order valence-electron chi connectivity index (χ4n) is 0. The first-order valence-corrected chi connectivity index (χ1v) is 39.5. The van der Waals surface area contributed by atoms with Crippen molar-refractivity contribution in [1.82, 2.24) is 0 Å². The van der Waals surface area contributed by atoms with Gasteiger partial charge in [-0.25, -0.2) is 0 Å². The molecule has 5 heavy (non-hydrogen) atoms. The molecule has 0 nitrogen and oxygen atoms in total. The van der Waals surface area contributed by atoms with E-state index in [1.165, 1.54) is 0 Å². The van der Waals surface area contributed by atoms with Gasteiger partial charge in [0.05, 0.1) is 0 Å².